The summed E-state index contributed by atoms with van der Waals surface area (Å²) in [5.41, 5.74) is -2.18. The number of carbonyl (C=O) groups is 1. The van der Waals surface area contributed by atoms with E-state index < -0.39 is 54.3 Å². The second-order valence-electron chi connectivity index (χ2n) is 5.88. The number of ether oxygens (including phenoxy) is 1. The third kappa shape index (κ3) is 5.69. The molecule has 0 amide bonds. The van der Waals surface area contributed by atoms with E-state index in [2.05, 4.69) is 5.32 Å². The lowest BCUT2D eigenvalue weighted by Gasteiger charge is -2.21. The van der Waals surface area contributed by atoms with E-state index in [1.165, 1.54) is 20.8 Å². The van der Waals surface area contributed by atoms with Crippen LogP contribution in [0.3, 0.4) is 0 Å². The van der Waals surface area contributed by atoms with Gasteiger partial charge >= 0.3 is 5.97 Å². The summed E-state index contributed by atoms with van der Waals surface area (Å²) in [4.78, 5) is 11.8. The Hall–Kier alpha value is -1.86. The van der Waals surface area contributed by atoms with Gasteiger partial charge in [-0.15, -0.1) is 0 Å². The molecule has 1 unspecified atom stereocenters. The molecule has 0 radical (unpaired) electrons. The zero-order valence-corrected chi connectivity index (χ0v) is 12.9. The molecular weight excluding hydrogens is 321 g/mol. The number of rotatable bonds is 6. The Morgan fingerprint density at radius 2 is 1.74 bits per heavy atom. The van der Waals surface area contributed by atoms with Crippen LogP contribution in [0, 0.1) is 11.6 Å². The molecule has 0 heterocycles. The van der Waals surface area contributed by atoms with Crippen molar-refractivity contribution in [1.82, 2.24) is 0 Å². The maximum absolute atomic E-state index is 13.9. The minimum Gasteiger partial charge on any atom is -0.456 e. The highest BCUT2D eigenvalue weighted by atomic mass is 19.3. The van der Waals surface area contributed by atoms with Gasteiger partial charge in [0, 0.05) is 12.1 Å². The minimum absolute atomic E-state index is 0.314. The van der Waals surface area contributed by atoms with Crippen molar-refractivity contribution in [1.29, 1.82) is 0 Å². The van der Waals surface area contributed by atoms with Crippen molar-refractivity contribution in [3.05, 3.63) is 29.3 Å². The van der Waals surface area contributed by atoms with Crippen LogP contribution in [-0.4, -0.2) is 30.7 Å². The van der Waals surface area contributed by atoms with Gasteiger partial charge in [-0.2, -0.15) is 0 Å². The van der Waals surface area contributed by atoms with E-state index in [1.54, 1.807) is 0 Å². The lowest BCUT2D eigenvalue weighted by atomic mass is 10.1. The van der Waals surface area contributed by atoms with Crippen LogP contribution in [0.2, 0.25) is 0 Å². The molecule has 1 N–H and O–H groups in total. The highest BCUT2D eigenvalue weighted by Gasteiger charge is 2.26. The second-order valence-corrected chi connectivity index (χ2v) is 5.88. The zero-order chi connectivity index (χ0) is 17.8. The van der Waals surface area contributed by atoms with Gasteiger partial charge < -0.3 is 10.1 Å². The Balaban J connectivity index is 3.03. The smallest absolute Gasteiger partial charge is 0.344 e. The van der Waals surface area contributed by atoms with Gasteiger partial charge in [-0.1, -0.05) is 0 Å². The van der Waals surface area contributed by atoms with Gasteiger partial charge in [0.25, 0.3) is 6.43 Å². The third-order valence-corrected chi connectivity index (χ3v) is 2.72. The van der Waals surface area contributed by atoms with Crippen LogP contribution in [0.1, 0.15) is 37.6 Å². The molecular formula is C15H18F5NO2. The van der Waals surface area contributed by atoms with Crippen LogP contribution in [0.4, 0.5) is 27.6 Å². The van der Waals surface area contributed by atoms with E-state index in [9.17, 15) is 26.7 Å². The van der Waals surface area contributed by atoms with Crippen molar-refractivity contribution in [2.45, 2.75) is 45.3 Å². The summed E-state index contributed by atoms with van der Waals surface area (Å²) in [7, 11) is 0. The summed E-state index contributed by atoms with van der Waals surface area (Å²) in [6.45, 7) is 3.57. The van der Waals surface area contributed by atoms with Gasteiger partial charge in [0.2, 0.25) is 0 Å². The molecule has 3 nitrogen and oxygen atoms in total. The summed E-state index contributed by atoms with van der Waals surface area (Å²) in [5, 5.41) is 2.15. The Morgan fingerprint density at radius 1 is 1.22 bits per heavy atom. The van der Waals surface area contributed by atoms with Gasteiger partial charge in [0.05, 0.1) is 12.7 Å². The molecule has 0 saturated carbocycles. The Bertz CT molecular complexity index is 534. The zero-order valence-electron chi connectivity index (χ0n) is 12.9. The molecule has 1 aromatic rings. The number of carbonyl (C=O) groups excluding carboxylic acids is 1. The number of anilines is 1. The Morgan fingerprint density at radius 3 is 2.13 bits per heavy atom. The van der Waals surface area contributed by atoms with Gasteiger partial charge in [0.1, 0.15) is 22.8 Å². The first-order valence-electron chi connectivity index (χ1n) is 6.88. The van der Waals surface area contributed by atoms with E-state index in [4.69, 9.17) is 4.74 Å². The van der Waals surface area contributed by atoms with E-state index >= 15 is 0 Å². The summed E-state index contributed by atoms with van der Waals surface area (Å²) >= 11 is 0. The number of alkyl halides is 3. The van der Waals surface area contributed by atoms with Crippen molar-refractivity contribution >= 4 is 11.7 Å². The molecule has 0 aromatic heterocycles. The van der Waals surface area contributed by atoms with Crippen LogP contribution in [-0.2, 0) is 4.74 Å². The van der Waals surface area contributed by atoms with E-state index in [-0.39, 0.29) is 5.69 Å². The molecule has 1 aromatic carbocycles. The lowest BCUT2D eigenvalue weighted by Crippen LogP contribution is -2.29. The fraction of sp³-hybridized carbons (Fsp3) is 0.533. The molecule has 0 aliphatic rings. The summed E-state index contributed by atoms with van der Waals surface area (Å²) in [6.07, 6.45) is -3.43. The standard InChI is InChI=1S/C15H18F5NO2/c1-15(2,3)23-14(22)12-9(17)6-8(7-10(12)18)21-11(4-5-16)13(19)20/h6-7,11,13,21H,4-5H2,1-3H3. The third-order valence-electron chi connectivity index (χ3n) is 2.72. The predicted molar refractivity (Wildman–Crippen MR) is 75.5 cm³/mol. The van der Waals surface area contributed by atoms with Gasteiger partial charge in [-0.25, -0.2) is 22.4 Å². The molecule has 0 fully saturated rings. The van der Waals surface area contributed by atoms with Gasteiger partial charge in [0.15, 0.2) is 0 Å². The number of hydrogen-bond acceptors (Lipinski definition) is 3. The molecule has 23 heavy (non-hydrogen) atoms. The quantitative estimate of drug-likeness (QED) is 0.619. The highest BCUT2D eigenvalue weighted by Crippen LogP contribution is 2.23. The van der Waals surface area contributed by atoms with E-state index in [1.807, 2.05) is 0 Å². The fourth-order valence-electron chi connectivity index (χ4n) is 1.77. The fourth-order valence-corrected chi connectivity index (χ4v) is 1.77. The maximum Gasteiger partial charge on any atom is 0.344 e. The molecule has 0 aliphatic carbocycles. The first-order valence-corrected chi connectivity index (χ1v) is 6.88. The second kappa shape index (κ2) is 7.61. The number of esters is 1. The molecule has 0 spiro atoms. The first kappa shape index (κ1) is 19.2. The largest absolute Gasteiger partial charge is 0.456 e. The van der Waals surface area contributed by atoms with Gasteiger partial charge in [-0.3, -0.25) is 4.39 Å². The average Bonchev–Trinajstić information content (AvgIpc) is 2.34. The predicted octanol–water partition coefficient (Wildman–Crippen LogP) is 4.33. The van der Waals surface area contributed by atoms with Crippen LogP contribution < -0.4 is 5.32 Å². The van der Waals surface area contributed by atoms with E-state index in [0.717, 1.165) is 0 Å². The van der Waals surface area contributed by atoms with Crippen molar-refractivity contribution in [3.63, 3.8) is 0 Å². The van der Waals surface area contributed by atoms with Crippen LogP contribution >= 0.6 is 0 Å². The number of hydrogen-bond donors (Lipinski definition) is 1. The Kier molecular flexibility index (Phi) is 6.35. The molecule has 1 atom stereocenters. The number of benzene rings is 1. The topological polar surface area (TPSA) is 38.3 Å². The van der Waals surface area contributed by atoms with Gasteiger partial charge in [-0.05, 0) is 32.9 Å². The van der Waals surface area contributed by atoms with Crippen molar-refractivity contribution in [2.75, 3.05) is 12.0 Å². The Labute approximate surface area is 130 Å². The number of nitrogens with one attached hydrogen (secondary N) is 1. The van der Waals surface area contributed by atoms with Crippen molar-refractivity contribution in [2.24, 2.45) is 0 Å². The number of halogens is 5. The van der Waals surface area contributed by atoms with Crippen molar-refractivity contribution in [3.8, 4) is 0 Å². The summed E-state index contributed by atoms with van der Waals surface area (Å²) in [5.74, 6) is -3.71. The van der Waals surface area contributed by atoms with Crippen molar-refractivity contribution < 1.29 is 31.5 Å². The highest BCUT2D eigenvalue weighted by molar-refractivity contribution is 5.90. The summed E-state index contributed by atoms with van der Waals surface area (Å²) in [6, 6.07) is -0.211. The first-order chi connectivity index (χ1) is 10.5. The molecule has 0 bridgehead atoms. The van der Waals surface area contributed by atoms with Crippen LogP contribution in [0.5, 0.6) is 0 Å². The average molecular weight is 339 g/mol. The van der Waals surface area contributed by atoms with Crippen LogP contribution in [0.25, 0.3) is 0 Å². The molecule has 0 saturated heterocycles. The minimum atomic E-state index is -2.91. The van der Waals surface area contributed by atoms with E-state index in [0.29, 0.717) is 12.1 Å². The normalized spacial score (nSPS) is 13.1. The molecule has 130 valence electrons. The molecule has 0 aliphatic heterocycles. The molecule has 8 heteroatoms. The maximum atomic E-state index is 13.9. The molecule has 1 rings (SSSR count). The van der Waals surface area contributed by atoms with Crippen LogP contribution in [0.15, 0.2) is 12.1 Å². The lowest BCUT2D eigenvalue weighted by molar-refractivity contribution is 0.00595. The monoisotopic (exact) mass is 339 g/mol. The summed E-state index contributed by atoms with van der Waals surface area (Å²) < 4.78 is 70.3. The SMILES string of the molecule is CC(C)(C)OC(=O)c1c(F)cc(NC(CCF)C(F)F)cc1F.